The quantitative estimate of drug-likeness (QED) is 0.288. The Morgan fingerprint density at radius 3 is 2.81 bits per heavy atom. The summed E-state index contributed by atoms with van der Waals surface area (Å²) in [4.78, 5) is 11.1. The van der Waals surface area contributed by atoms with E-state index >= 15 is 0 Å². The average molecular weight is 224 g/mol. The first-order chi connectivity index (χ1) is 7.74. The number of unbranched alkanes of at least 4 members (excludes halogenated alkanes) is 1. The molecular formula is C13H20O3. The van der Waals surface area contributed by atoms with Crippen molar-refractivity contribution in [1.29, 1.82) is 0 Å². The molecule has 0 N–H and O–H groups in total. The van der Waals surface area contributed by atoms with E-state index in [1.807, 2.05) is 0 Å². The Bertz CT molecular complexity index is 263. The number of carbonyl (C=O) groups excluding carboxylic acids is 1. The van der Waals surface area contributed by atoms with Crippen LogP contribution in [0.3, 0.4) is 0 Å². The summed E-state index contributed by atoms with van der Waals surface area (Å²) in [6, 6.07) is 0. The van der Waals surface area contributed by atoms with Gasteiger partial charge in [-0.25, -0.2) is 0 Å². The molecule has 90 valence electrons. The first kappa shape index (κ1) is 14.9. The Balaban J connectivity index is 4.21. The van der Waals surface area contributed by atoms with Crippen LogP contribution in [0.25, 0.3) is 0 Å². The number of methoxy groups -OCH3 is 1. The molecule has 0 amide bonds. The molecule has 0 heterocycles. The molecule has 0 radical (unpaired) electrons. The van der Waals surface area contributed by atoms with Crippen LogP contribution < -0.4 is 0 Å². The third-order valence-corrected chi connectivity index (χ3v) is 1.88. The maximum absolute atomic E-state index is 11.1. The van der Waals surface area contributed by atoms with Gasteiger partial charge < -0.3 is 9.47 Å². The molecule has 0 fully saturated rings. The zero-order valence-electron chi connectivity index (χ0n) is 10.3. The molecule has 3 nitrogen and oxygen atoms in total. The van der Waals surface area contributed by atoms with Crippen LogP contribution in [0.5, 0.6) is 0 Å². The average Bonchev–Trinajstić information content (AvgIpc) is 2.28. The van der Waals surface area contributed by atoms with Gasteiger partial charge in [0.05, 0.1) is 0 Å². The Morgan fingerprint density at radius 1 is 1.50 bits per heavy atom. The minimum absolute atomic E-state index is 0.190. The molecule has 0 saturated heterocycles. The smallest absolute Gasteiger partial charge is 0.228 e. The third kappa shape index (κ3) is 8.22. The molecule has 0 aliphatic heterocycles. The van der Waals surface area contributed by atoms with Gasteiger partial charge in [0.1, 0.15) is 12.9 Å². The summed E-state index contributed by atoms with van der Waals surface area (Å²) in [6.45, 7) is 4.10. The fourth-order valence-corrected chi connectivity index (χ4v) is 1.08. The van der Waals surface area contributed by atoms with E-state index in [2.05, 4.69) is 18.8 Å². The second-order valence-electron chi connectivity index (χ2n) is 3.34. The van der Waals surface area contributed by atoms with E-state index in [1.54, 1.807) is 20.1 Å². The summed E-state index contributed by atoms with van der Waals surface area (Å²) >= 11 is 0. The van der Waals surface area contributed by atoms with Gasteiger partial charge >= 0.3 is 0 Å². The lowest BCUT2D eigenvalue weighted by atomic mass is 10.1. The molecule has 0 rings (SSSR count). The van der Waals surface area contributed by atoms with Gasteiger partial charge in [-0.2, -0.15) is 0 Å². The zero-order valence-corrected chi connectivity index (χ0v) is 10.3. The number of ketones is 1. The molecule has 1 atom stereocenters. The van der Waals surface area contributed by atoms with Crippen LogP contribution in [0.15, 0.2) is 12.2 Å². The summed E-state index contributed by atoms with van der Waals surface area (Å²) in [6.07, 6.45) is 5.84. The molecule has 16 heavy (non-hydrogen) atoms. The molecule has 0 aromatic rings. The van der Waals surface area contributed by atoms with E-state index < -0.39 is 0 Å². The number of rotatable bonds is 7. The summed E-state index contributed by atoms with van der Waals surface area (Å²) in [5.41, 5.74) is 0. The molecule has 0 aromatic heterocycles. The third-order valence-electron chi connectivity index (χ3n) is 1.88. The monoisotopic (exact) mass is 224 g/mol. The van der Waals surface area contributed by atoms with Crippen molar-refractivity contribution < 1.29 is 14.3 Å². The van der Waals surface area contributed by atoms with Crippen LogP contribution in [-0.2, 0) is 14.3 Å². The van der Waals surface area contributed by atoms with E-state index in [4.69, 9.17) is 9.47 Å². The first-order valence-electron chi connectivity index (χ1n) is 5.53. The SMILES string of the molecule is C/C=C/C(=O)C#CC(CCCC)OCOC. The summed E-state index contributed by atoms with van der Waals surface area (Å²) in [5.74, 6) is 5.18. The highest BCUT2D eigenvalue weighted by atomic mass is 16.7. The van der Waals surface area contributed by atoms with Gasteiger partial charge in [-0.05, 0) is 25.3 Å². The lowest BCUT2D eigenvalue weighted by Crippen LogP contribution is -2.12. The van der Waals surface area contributed by atoms with Gasteiger partial charge in [-0.3, -0.25) is 4.79 Å². The fraction of sp³-hybridized carbons (Fsp3) is 0.615. The fourth-order valence-electron chi connectivity index (χ4n) is 1.08. The predicted octanol–water partition coefficient (Wildman–Crippen LogP) is 2.31. The molecule has 0 aliphatic carbocycles. The zero-order chi connectivity index (χ0) is 12.2. The Labute approximate surface area is 97.8 Å². The van der Waals surface area contributed by atoms with E-state index in [9.17, 15) is 4.79 Å². The minimum Gasteiger partial charge on any atom is -0.359 e. The van der Waals surface area contributed by atoms with Crippen LogP contribution in [0.4, 0.5) is 0 Å². The largest absolute Gasteiger partial charge is 0.359 e. The van der Waals surface area contributed by atoms with Crippen molar-refractivity contribution in [3.8, 4) is 11.8 Å². The van der Waals surface area contributed by atoms with Crippen molar-refractivity contribution in [2.75, 3.05) is 13.9 Å². The van der Waals surface area contributed by atoms with Gasteiger partial charge in [0.2, 0.25) is 5.78 Å². The second kappa shape index (κ2) is 10.4. The Morgan fingerprint density at radius 2 is 2.25 bits per heavy atom. The van der Waals surface area contributed by atoms with Crippen molar-refractivity contribution in [1.82, 2.24) is 0 Å². The van der Waals surface area contributed by atoms with Crippen molar-refractivity contribution in [3.63, 3.8) is 0 Å². The number of ether oxygens (including phenoxy) is 2. The normalized spacial score (nSPS) is 12.2. The molecule has 0 aliphatic rings. The van der Waals surface area contributed by atoms with Crippen LogP contribution in [0.1, 0.15) is 33.1 Å². The number of allylic oxidation sites excluding steroid dienone is 2. The first-order valence-corrected chi connectivity index (χ1v) is 5.53. The van der Waals surface area contributed by atoms with Crippen molar-refractivity contribution in [2.24, 2.45) is 0 Å². The van der Waals surface area contributed by atoms with Gasteiger partial charge in [0, 0.05) is 7.11 Å². The number of hydrogen-bond donors (Lipinski definition) is 0. The highest BCUT2D eigenvalue weighted by molar-refractivity contribution is 6.04. The maximum atomic E-state index is 11.1. The van der Waals surface area contributed by atoms with Crippen molar-refractivity contribution >= 4 is 5.78 Å². The standard InChI is InChI=1S/C13H20O3/c1-4-6-8-13(16-11-15-3)10-9-12(14)7-5-2/h5,7,13H,4,6,8,11H2,1-3H3/b7-5+. The van der Waals surface area contributed by atoms with Crippen LogP contribution >= 0.6 is 0 Å². The lowest BCUT2D eigenvalue weighted by molar-refractivity contribution is -0.109. The number of hydrogen-bond acceptors (Lipinski definition) is 3. The van der Waals surface area contributed by atoms with Crippen molar-refractivity contribution in [3.05, 3.63) is 12.2 Å². The van der Waals surface area contributed by atoms with Crippen molar-refractivity contribution in [2.45, 2.75) is 39.2 Å². The molecule has 0 saturated carbocycles. The Kier molecular flexibility index (Phi) is 9.69. The molecule has 3 heteroatoms. The second-order valence-corrected chi connectivity index (χ2v) is 3.34. The highest BCUT2D eigenvalue weighted by Crippen LogP contribution is 2.03. The maximum Gasteiger partial charge on any atom is 0.228 e. The lowest BCUT2D eigenvalue weighted by Gasteiger charge is -2.10. The molecule has 0 spiro atoms. The minimum atomic E-state index is -0.214. The summed E-state index contributed by atoms with van der Waals surface area (Å²) in [7, 11) is 1.56. The highest BCUT2D eigenvalue weighted by Gasteiger charge is 2.04. The van der Waals surface area contributed by atoms with Gasteiger partial charge in [-0.15, -0.1) is 0 Å². The van der Waals surface area contributed by atoms with E-state index in [0.29, 0.717) is 0 Å². The summed E-state index contributed by atoms with van der Waals surface area (Å²) in [5, 5.41) is 0. The molecule has 1 unspecified atom stereocenters. The van der Waals surface area contributed by atoms with E-state index in [1.165, 1.54) is 6.08 Å². The van der Waals surface area contributed by atoms with Gasteiger partial charge in [0.25, 0.3) is 0 Å². The number of carbonyl (C=O) groups is 1. The topological polar surface area (TPSA) is 35.5 Å². The molecule has 0 bridgehead atoms. The van der Waals surface area contributed by atoms with Crippen LogP contribution in [-0.4, -0.2) is 25.8 Å². The van der Waals surface area contributed by atoms with E-state index in [-0.39, 0.29) is 18.7 Å². The molecular weight excluding hydrogens is 204 g/mol. The van der Waals surface area contributed by atoms with E-state index in [0.717, 1.165) is 19.3 Å². The van der Waals surface area contributed by atoms with Gasteiger partial charge in [0.15, 0.2) is 0 Å². The summed E-state index contributed by atoms with van der Waals surface area (Å²) < 4.78 is 10.2. The van der Waals surface area contributed by atoms with Crippen LogP contribution in [0.2, 0.25) is 0 Å². The van der Waals surface area contributed by atoms with Gasteiger partial charge in [-0.1, -0.05) is 31.8 Å². The predicted molar refractivity (Wildman–Crippen MR) is 63.9 cm³/mol. The van der Waals surface area contributed by atoms with Crippen LogP contribution in [0, 0.1) is 11.8 Å². The molecule has 0 aromatic carbocycles. The Hall–Kier alpha value is -1.11.